The number of methoxy groups -OCH3 is 2. The fourth-order valence-electron chi connectivity index (χ4n) is 5.73. The zero-order valence-corrected chi connectivity index (χ0v) is 18.5. The fourth-order valence-corrected chi connectivity index (χ4v) is 5.73. The van der Waals surface area contributed by atoms with Gasteiger partial charge in [-0.3, -0.25) is 0 Å². The molecular formula is C23H36O4. The molecule has 1 aliphatic carbocycles. The first-order valence-electron chi connectivity index (χ1n) is 9.91. The number of fused-ring (bicyclic) bond motifs is 1. The van der Waals surface area contributed by atoms with Crippen LogP contribution in [0.4, 0.5) is 0 Å². The van der Waals surface area contributed by atoms with E-state index >= 15 is 0 Å². The van der Waals surface area contributed by atoms with Gasteiger partial charge in [0.05, 0.1) is 38.6 Å². The quantitative estimate of drug-likeness (QED) is 0.635. The number of ether oxygens (including phenoxy) is 4. The zero-order chi connectivity index (χ0) is 20.3. The standard InChI is InChI=1S/C23H36O4/c1-19(2)20(3,4)27-23(7)21(5,22(19,23)6)15-26-13-12-16-14-17(24-8)10-11-18(16)25-9/h10-11,14H,12-13,15H2,1-9H3. The molecule has 27 heavy (non-hydrogen) atoms. The first-order valence-corrected chi connectivity index (χ1v) is 9.91. The van der Waals surface area contributed by atoms with Gasteiger partial charge >= 0.3 is 0 Å². The molecule has 3 unspecified atom stereocenters. The summed E-state index contributed by atoms with van der Waals surface area (Å²) in [4.78, 5) is 0. The van der Waals surface area contributed by atoms with E-state index in [1.165, 1.54) is 0 Å². The van der Waals surface area contributed by atoms with E-state index in [1.807, 2.05) is 18.2 Å². The normalized spacial score (nSPS) is 35.6. The summed E-state index contributed by atoms with van der Waals surface area (Å²) >= 11 is 0. The van der Waals surface area contributed by atoms with Crippen LogP contribution in [-0.4, -0.2) is 38.6 Å². The lowest BCUT2D eigenvalue weighted by Gasteiger charge is -2.44. The van der Waals surface area contributed by atoms with E-state index in [1.54, 1.807) is 14.2 Å². The molecule has 4 heteroatoms. The number of rotatable bonds is 7. The number of hydrogen-bond acceptors (Lipinski definition) is 4. The van der Waals surface area contributed by atoms with Crippen molar-refractivity contribution in [1.29, 1.82) is 0 Å². The summed E-state index contributed by atoms with van der Waals surface area (Å²) in [5, 5.41) is 0. The van der Waals surface area contributed by atoms with Crippen molar-refractivity contribution in [3.63, 3.8) is 0 Å². The highest BCUT2D eigenvalue weighted by atomic mass is 16.6. The Hall–Kier alpha value is -1.26. The molecule has 3 rings (SSSR count). The highest BCUT2D eigenvalue weighted by Gasteiger charge is 2.91. The summed E-state index contributed by atoms with van der Waals surface area (Å²) in [6.07, 6.45) is 0.791. The van der Waals surface area contributed by atoms with Gasteiger partial charge in [-0.15, -0.1) is 0 Å². The molecule has 1 saturated carbocycles. The zero-order valence-electron chi connectivity index (χ0n) is 18.5. The maximum absolute atomic E-state index is 6.61. The maximum atomic E-state index is 6.61. The molecule has 1 aliphatic heterocycles. The Labute approximate surface area is 164 Å². The minimum atomic E-state index is -0.152. The molecule has 0 amide bonds. The molecule has 1 saturated heterocycles. The van der Waals surface area contributed by atoms with Gasteiger partial charge in [0, 0.05) is 21.8 Å². The summed E-state index contributed by atoms with van der Waals surface area (Å²) in [7, 11) is 3.38. The second-order valence-electron chi connectivity index (χ2n) is 9.71. The van der Waals surface area contributed by atoms with E-state index in [-0.39, 0.29) is 27.4 Å². The molecule has 2 fully saturated rings. The van der Waals surface area contributed by atoms with Crippen molar-refractivity contribution < 1.29 is 18.9 Å². The van der Waals surface area contributed by atoms with Crippen molar-refractivity contribution in [2.24, 2.45) is 16.2 Å². The molecule has 0 N–H and O–H groups in total. The van der Waals surface area contributed by atoms with E-state index < -0.39 is 0 Å². The van der Waals surface area contributed by atoms with Gasteiger partial charge in [-0.1, -0.05) is 27.7 Å². The minimum Gasteiger partial charge on any atom is -0.497 e. The van der Waals surface area contributed by atoms with Crippen LogP contribution in [0.25, 0.3) is 0 Å². The third kappa shape index (κ3) is 2.42. The third-order valence-electron chi connectivity index (χ3n) is 8.66. The maximum Gasteiger partial charge on any atom is 0.122 e. The highest BCUT2D eigenvalue weighted by molar-refractivity contribution is 5.41. The van der Waals surface area contributed by atoms with Crippen LogP contribution >= 0.6 is 0 Å². The predicted molar refractivity (Wildman–Crippen MR) is 108 cm³/mol. The Morgan fingerprint density at radius 3 is 2.11 bits per heavy atom. The predicted octanol–water partition coefficient (Wildman–Crippen LogP) is 4.88. The summed E-state index contributed by atoms with van der Waals surface area (Å²) in [5.41, 5.74) is 0.989. The fraction of sp³-hybridized carbons (Fsp3) is 0.739. The molecule has 1 aromatic rings. The molecular weight excluding hydrogens is 340 g/mol. The summed E-state index contributed by atoms with van der Waals surface area (Å²) in [6.45, 7) is 17.4. The van der Waals surface area contributed by atoms with Crippen molar-refractivity contribution in [2.75, 3.05) is 27.4 Å². The molecule has 152 valence electrons. The second kappa shape index (κ2) is 6.12. The molecule has 0 radical (unpaired) electrons. The summed E-state index contributed by atoms with van der Waals surface area (Å²) in [6, 6.07) is 5.88. The molecule has 2 aliphatic rings. The Morgan fingerprint density at radius 1 is 0.926 bits per heavy atom. The van der Waals surface area contributed by atoms with E-state index in [0.29, 0.717) is 13.2 Å². The van der Waals surface area contributed by atoms with Crippen molar-refractivity contribution in [3.8, 4) is 11.5 Å². The Kier molecular flexibility index (Phi) is 4.64. The topological polar surface area (TPSA) is 36.9 Å². The van der Waals surface area contributed by atoms with E-state index in [0.717, 1.165) is 23.5 Å². The van der Waals surface area contributed by atoms with Crippen LogP contribution in [0.3, 0.4) is 0 Å². The van der Waals surface area contributed by atoms with E-state index in [2.05, 4.69) is 48.5 Å². The van der Waals surface area contributed by atoms with Gasteiger partial charge in [0.2, 0.25) is 0 Å². The van der Waals surface area contributed by atoms with Crippen LogP contribution in [0.2, 0.25) is 0 Å². The van der Waals surface area contributed by atoms with Gasteiger partial charge < -0.3 is 18.9 Å². The Balaban J connectivity index is 1.65. The average Bonchev–Trinajstić information content (AvgIpc) is 2.93. The van der Waals surface area contributed by atoms with Gasteiger partial charge in [-0.25, -0.2) is 0 Å². The van der Waals surface area contributed by atoms with Gasteiger partial charge in [-0.2, -0.15) is 0 Å². The van der Waals surface area contributed by atoms with Crippen LogP contribution in [0, 0.1) is 16.2 Å². The molecule has 0 aromatic heterocycles. The van der Waals surface area contributed by atoms with Crippen LogP contribution < -0.4 is 9.47 Å². The lowest BCUT2D eigenvalue weighted by molar-refractivity contribution is -0.132. The third-order valence-corrected chi connectivity index (χ3v) is 8.66. The van der Waals surface area contributed by atoms with Gasteiger partial charge in [0.1, 0.15) is 11.5 Å². The van der Waals surface area contributed by atoms with Gasteiger partial charge in [0.15, 0.2) is 0 Å². The summed E-state index contributed by atoms with van der Waals surface area (Å²) < 4.78 is 23.6. The summed E-state index contributed by atoms with van der Waals surface area (Å²) in [5.74, 6) is 1.71. The molecule has 1 aromatic carbocycles. The SMILES string of the molecule is COc1ccc(OC)c(CCOCC2(C)C3(C)OC(C)(C)C(C)(C)C23C)c1. The monoisotopic (exact) mass is 376 g/mol. The number of benzene rings is 1. The largest absolute Gasteiger partial charge is 0.497 e. The second-order valence-corrected chi connectivity index (χ2v) is 9.71. The molecule has 0 spiro atoms. The van der Waals surface area contributed by atoms with E-state index in [4.69, 9.17) is 18.9 Å². The Morgan fingerprint density at radius 2 is 1.59 bits per heavy atom. The van der Waals surface area contributed by atoms with Crippen LogP contribution in [0.15, 0.2) is 18.2 Å². The van der Waals surface area contributed by atoms with Gasteiger partial charge in [-0.05, 0) is 45.4 Å². The first kappa shape index (κ1) is 20.5. The Bertz CT molecular complexity index is 725. The smallest absolute Gasteiger partial charge is 0.122 e. The van der Waals surface area contributed by atoms with Crippen molar-refractivity contribution in [2.45, 2.75) is 66.1 Å². The van der Waals surface area contributed by atoms with Gasteiger partial charge in [0.25, 0.3) is 0 Å². The lowest BCUT2D eigenvalue weighted by Crippen LogP contribution is -2.46. The van der Waals surface area contributed by atoms with Crippen LogP contribution in [0.5, 0.6) is 11.5 Å². The minimum absolute atomic E-state index is 0.0114. The van der Waals surface area contributed by atoms with Crippen molar-refractivity contribution in [3.05, 3.63) is 23.8 Å². The number of hydrogen-bond donors (Lipinski definition) is 0. The van der Waals surface area contributed by atoms with Crippen molar-refractivity contribution >= 4 is 0 Å². The molecule has 1 heterocycles. The molecule has 0 bridgehead atoms. The highest BCUT2D eigenvalue weighted by Crippen LogP contribution is 2.86. The first-order chi connectivity index (χ1) is 12.4. The molecule has 4 nitrogen and oxygen atoms in total. The average molecular weight is 377 g/mol. The van der Waals surface area contributed by atoms with E-state index in [9.17, 15) is 0 Å². The lowest BCUT2D eigenvalue weighted by atomic mass is 9.64. The van der Waals surface area contributed by atoms with Crippen molar-refractivity contribution in [1.82, 2.24) is 0 Å². The molecule has 3 atom stereocenters. The van der Waals surface area contributed by atoms with Crippen LogP contribution in [0.1, 0.15) is 54.0 Å². The van der Waals surface area contributed by atoms with Crippen LogP contribution in [-0.2, 0) is 15.9 Å².